The summed E-state index contributed by atoms with van der Waals surface area (Å²) in [5, 5.41) is 9.81. The van der Waals surface area contributed by atoms with Crippen molar-refractivity contribution in [2.75, 3.05) is 0 Å². The van der Waals surface area contributed by atoms with Crippen molar-refractivity contribution < 1.29 is 9.90 Å². The second kappa shape index (κ2) is 7.04. The van der Waals surface area contributed by atoms with Crippen LogP contribution in [0, 0.1) is 13.8 Å². The second-order valence-electron chi connectivity index (χ2n) is 8.01. The standard InChI is InChI=1S/C23H27N3O2/c1-4-19-25-20-15(2)13-16(3)24-21(20)26(19)14-17-7-9-18(10-8-17)23(22(27)28)11-5-6-12-23/h7-10,13H,4-6,11-12,14H2,1-3H3,(H,27,28). The molecule has 1 N–H and O–H groups in total. The Balaban J connectivity index is 1.70. The third kappa shape index (κ3) is 2.99. The van der Waals surface area contributed by atoms with Crippen molar-refractivity contribution in [3.05, 3.63) is 58.5 Å². The average molecular weight is 377 g/mol. The lowest BCUT2D eigenvalue weighted by molar-refractivity contribution is -0.143. The molecule has 1 aliphatic rings. The first-order valence-corrected chi connectivity index (χ1v) is 10.1. The van der Waals surface area contributed by atoms with E-state index in [1.54, 1.807) is 0 Å². The van der Waals surface area contributed by atoms with E-state index < -0.39 is 11.4 Å². The highest BCUT2D eigenvalue weighted by Gasteiger charge is 2.42. The van der Waals surface area contributed by atoms with Gasteiger partial charge in [0.25, 0.3) is 0 Å². The van der Waals surface area contributed by atoms with Gasteiger partial charge in [-0.3, -0.25) is 4.79 Å². The van der Waals surface area contributed by atoms with E-state index in [0.29, 0.717) is 6.54 Å². The van der Waals surface area contributed by atoms with Crippen molar-refractivity contribution >= 4 is 17.1 Å². The molecular formula is C23H27N3O2. The molecule has 1 aliphatic carbocycles. The first-order chi connectivity index (χ1) is 13.4. The number of carboxylic acid groups (broad SMARTS) is 1. The van der Waals surface area contributed by atoms with Crippen LogP contribution in [0.1, 0.15) is 60.8 Å². The summed E-state index contributed by atoms with van der Waals surface area (Å²) in [5.74, 6) is 0.333. The summed E-state index contributed by atoms with van der Waals surface area (Å²) in [7, 11) is 0. The summed E-state index contributed by atoms with van der Waals surface area (Å²) in [5.41, 5.74) is 5.40. The number of carboxylic acids is 1. The summed E-state index contributed by atoms with van der Waals surface area (Å²) in [6, 6.07) is 10.2. The molecule has 0 unspecified atom stereocenters. The third-order valence-corrected chi connectivity index (χ3v) is 6.13. The van der Waals surface area contributed by atoms with E-state index in [2.05, 4.69) is 36.6 Å². The summed E-state index contributed by atoms with van der Waals surface area (Å²) in [6.45, 7) is 6.89. The molecule has 1 aromatic carbocycles. The summed E-state index contributed by atoms with van der Waals surface area (Å²) >= 11 is 0. The van der Waals surface area contributed by atoms with Gasteiger partial charge < -0.3 is 9.67 Å². The summed E-state index contributed by atoms with van der Waals surface area (Å²) < 4.78 is 2.19. The van der Waals surface area contributed by atoms with Crippen molar-refractivity contribution in [2.24, 2.45) is 0 Å². The van der Waals surface area contributed by atoms with Gasteiger partial charge in [0, 0.05) is 12.1 Å². The van der Waals surface area contributed by atoms with Crippen LogP contribution in [0.4, 0.5) is 0 Å². The Morgan fingerprint density at radius 2 is 1.82 bits per heavy atom. The van der Waals surface area contributed by atoms with Gasteiger partial charge >= 0.3 is 5.97 Å². The van der Waals surface area contributed by atoms with E-state index in [1.807, 2.05) is 19.1 Å². The Morgan fingerprint density at radius 3 is 2.43 bits per heavy atom. The minimum absolute atomic E-state index is 0.690. The number of aromatic nitrogens is 3. The van der Waals surface area contributed by atoms with Gasteiger partial charge in [0.05, 0.1) is 12.0 Å². The highest BCUT2D eigenvalue weighted by molar-refractivity contribution is 5.82. The molecular weight excluding hydrogens is 350 g/mol. The van der Waals surface area contributed by atoms with Crippen LogP contribution in [0.2, 0.25) is 0 Å². The van der Waals surface area contributed by atoms with Crippen LogP contribution >= 0.6 is 0 Å². The number of rotatable bonds is 5. The molecule has 146 valence electrons. The highest BCUT2D eigenvalue weighted by Crippen LogP contribution is 2.41. The van der Waals surface area contributed by atoms with E-state index in [-0.39, 0.29) is 0 Å². The Bertz CT molecular complexity index is 1030. The molecule has 1 fully saturated rings. The maximum atomic E-state index is 11.9. The smallest absolute Gasteiger partial charge is 0.314 e. The summed E-state index contributed by atoms with van der Waals surface area (Å²) in [4.78, 5) is 21.5. The minimum Gasteiger partial charge on any atom is -0.481 e. The lowest BCUT2D eigenvalue weighted by Crippen LogP contribution is -2.32. The van der Waals surface area contributed by atoms with Gasteiger partial charge in [-0.05, 0) is 49.4 Å². The fraction of sp³-hybridized carbons (Fsp3) is 0.435. The number of aliphatic carboxylic acids is 1. The number of aryl methyl sites for hydroxylation is 3. The molecule has 2 aromatic heterocycles. The van der Waals surface area contributed by atoms with Gasteiger partial charge in [0.15, 0.2) is 5.65 Å². The normalized spacial score (nSPS) is 16.0. The van der Waals surface area contributed by atoms with Crippen LogP contribution in [-0.2, 0) is 23.2 Å². The Hall–Kier alpha value is -2.69. The molecule has 0 aliphatic heterocycles. The van der Waals surface area contributed by atoms with Crippen LogP contribution in [0.3, 0.4) is 0 Å². The third-order valence-electron chi connectivity index (χ3n) is 6.13. The van der Waals surface area contributed by atoms with E-state index >= 15 is 0 Å². The predicted octanol–water partition coefficient (Wildman–Crippen LogP) is 4.56. The molecule has 1 saturated carbocycles. The van der Waals surface area contributed by atoms with Gasteiger partial charge in [-0.1, -0.05) is 44.0 Å². The topological polar surface area (TPSA) is 68.0 Å². The van der Waals surface area contributed by atoms with Crippen molar-refractivity contribution in [3.63, 3.8) is 0 Å². The SMILES string of the molecule is CCc1nc2c(C)cc(C)nc2n1Cc1ccc(C2(C(=O)O)CCCC2)cc1. The number of nitrogens with zero attached hydrogens (tertiary/aromatic N) is 3. The number of carbonyl (C=O) groups is 1. The van der Waals surface area contributed by atoms with Crippen LogP contribution in [0.5, 0.6) is 0 Å². The Morgan fingerprint density at radius 1 is 1.14 bits per heavy atom. The van der Waals surface area contributed by atoms with Crippen LogP contribution in [-0.4, -0.2) is 25.6 Å². The van der Waals surface area contributed by atoms with Crippen LogP contribution in [0.25, 0.3) is 11.2 Å². The largest absolute Gasteiger partial charge is 0.481 e. The lowest BCUT2D eigenvalue weighted by atomic mass is 9.79. The molecule has 4 rings (SSSR count). The molecule has 3 aromatic rings. The van der Waals surface area contributed by atoms with Gasteiger partial charge in [-0.2, -0.15) is 0 Å². The van der Waals surface area contributed by atoms with E-state index in [9.17, 15) is 9.90 Å². The number of fused-ring (bicyclic) bond motifs is 1. The second-order valence-corrected chi connectivity index (χ2v) is 8.01. The van der Waals surface area contributed by atoms with Crippen molar-refractivity contribution in [1.82, 2.24) is 14.5 Å². The molecule has 0 radical (unpaired) electrons. The molecule has 5 heteroatoms. The fourth-order valence-electron chi connectivity index (χ4n) is 4.60. The zero-order chi connectivity index (χ0) is 19.9. The van der Waals surface area contributed by atoms with Gasteiger partial charge in [-0.15, -0.1) is 0 Å². The fourth-order valence-corrected chi connectivity index (χ4v) is 4.60. The molecule has 28 heavy (non-hydrogen) atoms. The first kappa shape index (κ1) is 18.7. The maximum absolute atomic E-state index is 11.9. The monoisotopic (exact) mass is 377 g/mol. The average Bonchev–Trinajstić information content (AvgIpc) is 3.29. The molecule has 0 amide bonds. The van der Waals surface area contributed by atoms with Crippen LogP contribution in [0.15, 0.2) is 30.3 Å². The van der Waals surface area contributed by atoms with Gasteiger partial charge in [0.2, 0.25) is 0 Å². The number of imidazole rings is 1. The van der Waals surface area contributed by atoms with E-state index in [4.69, 9.17) is 9.97 Å². The summed E-state index contributed by atoms with van der Waals surface area (Å²) in [6.07, 6.45) is 4.28. The first-order valence-electron chi connectivity index (χ1n) is 10.1. The van der Waals surface area contributed by atoms with Crippen molar-refractivity contribution in [2.45, 2.75) is 64.8 Å². The predicted molar refractivity (Wildman–Crippen MR) is 110 cm³/mol. The minimum atomic E-state index is -0.704. The van der Waals surface area contributed by atoms with Crippen molar-refractivity contribution in [1.29, 1.82) is 0 Å². The van der Waals surface area contributed by atoms with Gasteiger partial charge in [0.1, 0.15) is 11.3 Å². The number of pyridine rings is 1. The number of benzene rings is 1. The molecule has 5 nitrogen and oxygen atoms in total. The zero-order valence-electron chi connectivity index (χ0n) is 16.8. The molecule has 0 bridgehead atoms. The number of hydrogen-bond acceptors (Lipinski definition) is 3. The van der Waals surface area contributed by atoms with Gasteiger partial charge in [-0.25, -0.2) is 9.97 Å². The quantitative estimate of drug-likeness (QED) is 0.708. The Labute approximate surface area is 165 Å². The highest BCUT2D eigenvalue weighted by atomic mass is 16.4. The molecule has 0 spiro atoms. The van der Waals surface area contributed by atoms with Crippen molar-refractivity contribution in [3.8, 4) is 0 Å². The molecule has 0 atom stereocenters. The van der Waals surface area contributed by atoms with E-state index in [0.717, 1.165) is 71.5 Å². The lowest BCUT2D eigenvalue weighted by Gasteiger charge is -2.24. The Kier molecular flexibility index (Phi) is 4.69. The molecule has 2 heterocycles. The maximum Gasteiger partial charge on any atom is 0.314 e. The number of hydrogen-bond donors (Lipinski definition) is 1. The molecule has 0 saturated heterocycles. The van der Waals surface area contributed by atoms with E-state index in [1.165, 1.54) is 0 Å². The van der Waals surface area contributed by atoms with Crippen LogP contribution < -0.4 is 0 Å². The zero-order valence-corrected chi connectivity index (χ0v) is 16.8.